The smallest absolute Gasteiger partial charge is 0.326 e. The van der Waals surface area contributed by atoms with E-state index < -0.39 is 42.4 Å². The summed E-state index contributed by atoms with van der Waals surface area (Å²) < 4.78 is 11.4. The first-order valence-electron chi connectivity index (χ1n) is 9.60. The molecule has 10 nitrogen and oxygen atoms in total. The Morgan fingerprint density at radius 3 is 2.40 bits per heavy atom. The number of hydrogen-bond acceptors (Lipinski definition) is 7. The molecule has 30 heavy (non-hydrogen) atoms. The zero-order valence-electron chi connectivity index (χ0n) is 17.9. The van der Waals surface area contributed by atoms with Crippen LogP contribution in [0.4, 0.5) is 4.79 Å². The van der Waals surface area contributed by atoms with Gasteiger partial charge in [-0.3, -0.25) is 24.1 Å². The van der Waals surface area contributed by atoms with Crippen LogP contribution in [0.5, 0.6) is 0 Å². The quantitative estimate of drug-likeness (QED) is 0.360. The molecule has 0 aliphatic carbocycles. The van der Waals surface area contributed by atoms with E-state index in [0.29, 0.717) is 24.2 Å². The maximum atomic E-state index is 12.5. The van der Waals surface area contributed by atoms with Gasteiger partial charge in [-0.05, 0) is 33.3 Å². The van der Waals surface area contributed by atoms with E-state index in [-0.39, 0.29) is 12.4 Å². The average molecular weight is 421 g/mol. The zero-order valence-corrected chi connectivity index (χ0v) is 17.9. The average Bonchev–Trinajstić information content (AvgIpc) is 3.11. The predicted octanol–water partition coefficient (Wildman–Crippen LogP) is 1.11. The monoisotopic (exact) mass is 421 g/mol. The van der Waals surface area contributed by atoms with E-state index in [0.717, 1.165) is 10.6 Å². The standard InChI is InChI=1S/C20H27N3O7/c1-6-20(4)18(27)23(19(28)21-20)10-17(26)30-11-15(24)14-9-12(2)22(13(14)3)8-7-16(25)29-5/h9H,6-8,10-11H2,1-5H3,(H,21,28)/t20-/m0/s1. The fourth-order valence-corrected chi connectivity index (χ4v) is 3.26. The second-order valence-electron chi connectivity index (χ2n) is 7.35. The van der Waals surface area contributed by atoms with Crippen molar-refractivity contribution in [2.45, 2.75) is 52.6 Å². The van der Waals surface area contributed by atoms with E-state index >= 15 is 0 Å². The fraction of sp³-hybridized carbons (Fsp3) is 0.550. The van der Waals surface area contributed by atoms with Gasteiger partial charge >= 0.3 is 18.0 Å². The first-order valence-corrected chi connectivity index (χ1v) is 9.60. The van der Waals surface area contributed by atoms with Crippen LogP contribution >= 0.6 is 0 Å². The van der Waals surface area contributed by atoms with Crippen LogP contribution < -0.4 is 5.32 Å². The Morgan fingerprint density at radius 1 is 1.17 bits per heavy atom. The Hall–Kier alpha value is -3.17. The van der Waals surface area contributed by atoms with Crippen LogP contribution in [0.1, 0.15) is 48.4 Å². The molecule has 0 spiro atoms. The molecule has 1 atom stereocenters. The van der Waals surface area contributed by atoms with Crippen molar-refractivity contribution in [3.05, 3.63) is 23.0 Å². The molecular weight excluding hydrogens is 394 g/mol. The molecule has 10 heteroatoms. The number of carbonyl (C=O) groups excluding carboxylic acids is 5. The summed E-state index contributed by atoms with van der Waals surface area (Å²) >= 11 is 0. The van der Waals surface area contributed by atoms with Crippen LogP contribution in [0.15, 0.2) is 6.07 Å². The molecule has 1 aromatic rings. The number of nitrogens with one attached hydrogen (secondary N) is 1. The molecule has 1 N–H and O–H groups in total. The van der Waals surface area contributed by atoms with Crippen molar-refractivity contribution in [3.63, 3.8) is 0 Å². The molecule has 0 aromatic carbocycles. The largest absolute Gasteiger partial charge is 0.469 e. The number of hydrogen-bond donors (Lipinski definition) is 1. The highest BCUT2D eigenvalue weighted by Gasteiger charge is 2.47. The molecular formula is C20H27N3O7. The third-order valence-electron chi connectivity index (χ3n) is 5.34. The van der Waals surface area contributed by atoms with Crippen molar-refractivity contribution in [2.75, 3.05) is 20.3 Å². The first-order chi connectivity index (χ1) is 14.0. The number of esters is 2. The summed E-state index contributed by atoms with van der Waals surface area (Å²) in [6.45, 7) is 6.15. The number of Topliss-reactive ketones (excluding diaryl/α,β-unsaturated/α-hetero) is 1. The Kier molecular flexibility index (Phi) is 7.01. The number of aromatic nitrogens is 1. The minimum Gasteiger partial charge on any atom is -0.469 e. The molecule has 0 bridgehead atoms. The lowest BCUT2D eigenvalue weighted by Crippen LogP contribution is -2.43. The van der Waals surface area contributed by atoms with Gasteiger partial charge in [-0.25, -0.2) is 4.79 Å². The lowest BCUT2D eigenvalue weighted by molar-refractivity contribution is -0.146. The molecule has 0 saturated carbocycles. The summed E-state index contributed by atoms with van der Waals surface area (Å²) in [5.41, 5.74) is 0.753. The van der Waals surface area contributed by atoms with Crippen molar-refractivity contribution in [3.8, 4) is 0 Å². The van der Waals surface area contributed by atoms with Crippen molar-refractivity contribution >= 4 is 29.7 Å². The Morgan fingerprint density at radius 2 is 1.83 bits per heavy atom. The predicted molar refractivity (Wildman–Crippen MR) is 105 cm³/mol. The maximum Gasteiger partial charge on any atom is 0.326 e. The number of amides is 3. The van der Waals surface area contributed by atoms with Gasteiger partial charge in [0, 0.05) is 23.5 Å². The number of rotatable bonds is 9. The van der Waals surface area contributed by atoms with E-state index in [4.69, 9.17) is 4.74 Å². The molecule has 1 aliphatic rings. The van der Waals surface area contributed by atoms with E-state index in [2.05, 4.69) is 10.1 Å². The fourth-order valence-electron chi connectivity index (χ4n) is 3.26. The van der Waals surface area contributed by atoms with E-state index in [1.54, 1.807) is 33.8 Å². The van der Waals surface area contributed by atoms with E-state index in [1.807, 2.05) is 4.57 Å². The van der Waals surface area contributed by atoms with Gasteiger partial charge in [0.2, 0.25) is 5.78 Å². The van der Waals surface area contributed by atoms with Crippen molar-refractivity contribution in [2.24, 2.45) is 0 Å². The van der Waals surface area contributed by atoms with E-state index in [1.165, 1.54) is 7.11 Å². The van der Waals surface area contributed by atoms with Crippen molar-refractivity contribution < 1.29 is 33.4 Å². The number of ether oxygens (including phenoxy) is 2. The summed E-state index contributed by atoms with van der Waals surface area (Å²) in [4.78, 5) is 61.0. The lowest BCUT2D eigenvalue weighted by atomic mass is 9.99. The van der Waals surface area contributed by atoms with E-state index in [9.17, 15) is 24.0 Å². The highest BCUT2D eigenvalue weighted by atomic mass is 16.5. The number of urea groups is 1. The molecule has 1 aliphatic heterocycles. The molecule has 0 radical (unpaired) electrons. The SMILES string of the molecule is CC[C@]1(C)NC(=O)N(CC(=O)OCC(=O)c2cc(C)n(CCC(=O)OC)c2C)C1=O. The summed E-state index contributed by atoms with van der Waals surface area (Å²) in [5, 5.41) is 2.54. The first kappa shape index (κ1) is 23.1. The topological polar surface area (TPSA) is 124 Å². The minimum atomic E-state index is -1.05. The van der Waals surface area contributed by atoms with Gasteiger partial charge in [-0.2, -0.15) is 0 Å². The number of nitrogens with zero attached hydrogens (tertiary/aromatic N) is 2. The third kappa shape index (κ3) is 4.69. The summed E-state index contributed by atoms with van der Waals surface area (Å²) in [7, 11) is 1.31. The molecule has 0 unspecified atom stereocenters. The second kappa shape index (κ2) is 9.10. The van der Waals surface area contributed by atoms with Crippen molar-refractivity contribution in [1.29, 1.82) is 0 Å². The second-order valence-corrected chi connectivity index (χ2v) is 7.35. The van der Waals surface area contributed by atoms with Gasteiger partial charge < -0.3 is 19.4 Å². The van der Waals surface area contributed by atoms with Crippen LogP contribution in [0, 0.1) is 13.8 Å². The molecule has 1 aromatic heterocycles. The van der Waals surface area contributed by atoms with Gasteiger partial charge in [0.15, 0.2) is 6.61 Å². The minimum absolute atomic E-state index is 0.165. The Labute approximate surface area is 174 Å². The Bertz CT molecular complexity index is 889. The molecule has 2 heterocycles. The van der Waals surface area contributed by atoms with Gasteiger partial charge in [0.25, 0.3) is 5.91 Å². The van der Waals surface area contributed by atoms with Crippen molar-refractivity contribution in [1.82, 2.24) is 14.8 Å². The number of carbonyl (C=O) groups is 5. The van der Waals surface area contributed by atoms with Gasteiger partial charge in [-0.15, -0.1) is 0 Å². The van der Waals surface area contributed by atoms with Gasteiger partial charge in [-0.1, -0.05) is 6.92 Å². The van der Waals surface area contributed by atoms with Gasteiger partial charge in [0.1, 0.15) is 12.1 Å². The summed E-state index contributed by atoms with van der Waals surface area (Å²) in [5.74, 6) is -2.14. The number of imide groups is 1. The van der Waals surface area contributed by atoms with Crippen LogP contribution in [0.3, 0.4) is 0 Å². The third-order valence-corrected chi connectivity index (χ3v) is 5.34. The summed E-state index contributed by atoms with van der Waals surface area (Å²) in [6.07, 6.45) is 0.547. The molecule has 3 amide bonds. The van der Waals surface area contributed by atoms with Gasteiger partial charge in [0.05, 0.1) is 13.5 Å². The maximum absolute atomic E-state index is 12.5. The lowest BCUT2D eigenvalue weighted by Gasteiger charge is -2.18. The van der Waals surface area contributed by atoms with Crippen LogP contribution in [-0.2, 0) is 30.4 Å². The van der Waals surface area contributed by atoms with Crippen LogP contribution in [-0.4, -0.2) is 64.9 Å². The molecule has 1 saturated heterocycles. The highest BCUT2D eigenvalue weighted by Crippen LogP contribution is 2.21. The molecule has 164 valence electrons. The normalized spacial score (nSPS) is 18.4. The molecule has 1 fully saturated rings. The summed E-state index contributed by atoms with van der Waals surface area (Å²) in [6, 6.07) is 0.995. The van der Waals surface area contributed by atoms with Crippen LogP contribution in [0.25, 0.3) is 0 Å². The Balaban J connectivity index is 1.96. The zero-order chi connectivity index (χ0) is 22.6. The highest BCUT2D eigenvalue weighted by molar-refractivity contribution is 6.08. The molecule has 2 rings (SSSR count). The number of aryl methyl sites for hydroxylation is 1. The number of ketones is 1. The van der Waals surface area contributed by atoms with Crippen LogP contribution in [0.2, 0.25) is 0 Å². The number of methoxy groups -OCH3 is 1.